The van der Waals surface area contributed by atoms with E-state index < -0.39 is 0 Å². The van der Waals surface area contributed by atoms with Gasteiger partial charge in [-0.1, -0.05) is 29.8 Å². The summed E-state index contributed by atoms with van der Waals surface area (Å²) in [6.45, 7) is 0. The number of benzene rings is 2. The number of amides is 1. The van der Waals surface area contributed by atoms with Gasteiger partial charge in [-0.2, -0.15) is 0 Å². The van der Waals surface area contributed by atoms with Gasteiger partial charge in [0.2, 0.25) is 5.91 Å². The fourth-order valence-electron chi connectivity index (χ4n) is 3.37. The number of carbonyl (C=O) groups excluding carboxylic acids is 1. The van der Waals surface area contributed by atoms with Crippen LogP contribution in [0.25, 0.3) is 10.9 Å². The molecule has 1 unspecified atom stereocenters. The lowest BCUT2D eigenvalue weighted by molar-refractivity contribution is -0.121. The van der Waals surface area contributed by atoms with E-state index in [1.54, 1.807) is 0 Å². The Labute approximate surface area is 156 Å². The number of para-hydroxylation sites is 1. The highest BCUT2D eigenvalue weighted by molar-refractivity contribution is 7.99. The summed E-state index contributed by atoms with van der Waals surface area (Å²) in [5.74, 6) is 1.11. The Balaban J connectivity index is 1.42. The summed E-state index contributed by atoms with van der Waals surface area (Å²) in [7, 11) is 0. The number of fused-ring (bicyclic) bond motifs is 2. The predicted molar refractivity (Wildman–Crippen MR) is 104 cm³/mol. The zero-order valence-corrected chi connectivity index (χ0v) is 15.3. The van der Waals surface area contributed by atoms with Crippen LogP contribution in [0.15, 0.2) is 53.6 Å². The number of aromatic amines is 1. The van der Waals surface area contributed by atoms with Crippen molar-refractivity contribution in [3.63, 3.8) is 0 Å². The molecule has 0 spiro atoms. The zero-order valence-electron chi connectivity index (χ0n) is 13.7. The van der Waals surface area contributed by atoms with Crippen LogP contribution in [-0.4, -0.2) is 16.6 Å². The molecule has 2 N–H and O–H groups in total. The third-order valence-corrected chi connectivity index (χ3v) is 6.00. The van der Waals surface area contributed by atoms with Crippen LogP contribution in [-0.2, 0) is 11.2 Å². The van der Waals surface area contributed by atoms with Crippen molar-refractivity contribution >= 4 is 40.2 Å². The lowest BCUT2D eigenvalue weighted by Gasteiger charge is -2.26. The number of thioether (sulfide) groups is 1. The van der Waals surface area contributed by atoms with Gasteiger partial charge in [-0.05, 0) is 48.2 Å². The molecule has 0 radical (unpaired) electrons. The number of nitrogens with one attached hydrogen (secondary N) is 2. The third kappa shape index (κ3) is 3.55. The maximum atomic E-state index is 12.5. The van der Waals surface area contributed by atoms with Crippen molar-refractivity contribution in [1.82, 2.24) is 10.3 Å². The highest BCUT2D eigenvalue weighted by Crippen LogP contribution is 2.37. The van der Waals surface area contributed by atoms with Crippen LogP contribution in [0, 0.1) is 0 Å². The molecule has 128 valence electrons. The molecule has 2 aromatic carbocycles. The maximum absolute atomic E-state index is 12.5. The second-order valence-electron chi connectivity index (χ2n) is 6.30. The number of hydrogen-bond donors (Lipinski definition) is 2. The standard InChI is InChI=1S/C20H19ClN2OS/c21-14-6-7-19-16(11-14)18(9-10-25-19)23-20(24)8-5-13-12-22-17-4-2-1-3-15(13)17/h1-4,6-7,11-12,18,22H,5,8-10H2,(H,23,24). The monoisotopic (exact) mass is 370 g/mol. The van der Waals surface area contributed by atoms with E-state index in [-0.39, 0.29) is 11.9 Å². The molecule has 25 heavy (non-hydrogen) atoms. The molecule has 3 nitrogen and oxygen atoms in total. The average molecular weight is 371 g/mol. The van der Waals surface area contributed by atoms with E-state index in [0.717, 1.165) is 34.7 Å². The van der Waals surface area contributed by atoms with Gasteiger partial charge in [-0.15, -0.1) is 11.8 Å². The summed E-state index contributed by atoms with van der Waals surface area (Å²) in [6, 6.07) is 14.2. The van der Waals surface area contributed by atoms with Gasteiger partial charge in [0, 0.05) is 39.2 Å². The first kappa shape index (κ1) is 16.6. The van der Waals surface area contributed by atoms with Gasteiger partial charge in [0.1, 0.15) is 0 Å². The molecule has 4 rings (SSSR count). The molecule has 1 atom stereocenters. The molecule has 0 bridgehead atoms. The first-order valence-electron chi connectivity index (χ1n) is 8.47. The normalized spacial score (nSPS) is 16.6. The number of aromatic nitrogens is 1. The van der Waals surface area contributed by atoms with Crippen LogP contribution in [0.4, 0.5) is 0 Å². The Hall–Kier alpha value is -1.91. The molecular weight excluding hydrogens is 352 g/mol. The Morgan fingerprint density at radius 2 is 2.16 bits per heavy atom. The van der Waals surface area contributed by atoms with E-state index in [0.29, 0.717) is 6.42 Å². The van der Waals surface area contributed by atoms with E-state index in [1.807, 2.05) is 48.3 Å². The number of hydrogen-bond acceptors (Lipinski definition) is 2. The zero-order chi connectivity index (χ0) is 17.2. The summed E-state index contributed by atoms with van der Waals surface area (Å²) < 4.78 is 0. The van der Waals surface area contributed by atoms with E-state index in [2.05, 4.69) is 22.4 Å². The number of aryl methyl sites for hydroxylation is 1. The Morgan fingerprint density at radius 1 is 1.28 bits per heavy atom. The molecular formula is C20H19ClN2OS. The lowest BCUT2D eigenvalue weighted by atomic mass is 10.0. The number of H-pyrrole nitrogens is 1. The highest BCUT2D eigenvalue weighted by atomic mass is 35.5. The van der Waals surface area contributed by atoms with Crippen LogP contribution in [0.1, 0.15) is 30.0 Å². The highest BCUT2D eigenvalue weighted by Gasteiger charge is 2.22. The second kappa shape index (κ2) is 7.14. The summed E-state index contributed by atoms with van der Waals surface area (Å²) in [6.07, 6.45) is 4.17. The number of rotatable bonds is 4. The molecule has 0 aliphatic carbocycles. The molecule has 1 amide bonds. The molecule has 2 heterocycles. The number of carbonyl (C=O) groups is 1. The van der Waals surface area contributed by atoms with Crippen LogP contribution in [0.3, 0.4) is 0 Å². The quantitative estimate of drug-likeness (QED) is 0.670. The van der Waals surface area contributed by atoms with Gasteiger partial charge in [-0.25, -0.2) is 0 Å². The lowest BCUT2D eigenvalue weighted by Crippen LogP contribution is -2.30. The van der Waals surface area contributed by atoms with Gasteiger partial charge in [0.15, 0.2) is 0 Å². The third-order valence-electron chi connectivity index (χ3n) is 4.64. The van der Waals surface area contributed by atoms with E-state index in [4.69, 9.17) is 11.6 Å². The molecule has 1 aliphatic rings. The summed E-state index contributed by atoms with van der Waals surface area (Å²) in [5, 5.41) is 5.11. The predicted octanol–water partition coefficient (Wildman–Crippen LogP) is 5.11. The Kier molecular flexibility index (Phi) is 4.73. The topological polar surface area (TPSA) is 44.9 Å². The Bertz CT molecular complexity index is 921. The van der Waals surface area contributed by atoms with Gasteiger partial charge >= 0.3 is 0 Å². The molecule has 0 saturated carbocycles. The smallest absolute Gasteiger partial charge is 0.220 e. The average Bonchev–Trinajstić information content (AvgIpc) is 3.04. The minimum absolute atomic E-state index is 0.0606. The molecule has 3 aromatic rings. The van der Waals surface area contributed by atoms with Gasteiger partial charge in [0.25, 0.3) is 0 Å². The number of halogens is 1. The summed E-state index contributed by atoms with van der Waals surface area (Å²) in [4.78, 5) is 17.0. The van der Waals surface area contributed by atoms with Crippen molar-refractivity contribution in [2.45, 2.75) is 30.2 Å². The van der Waals surface area contributed by atoms with Crippen molar-refractivity contribution in [3.8, 4) is 0 Å². The molecule has 1 aromatic heterocycles. The van der Waals surface area contributed by atoms with Crippen LogP contribution in [0.5, 0.6) is 0 Å². The Morgan fingerprint density at radius 3 is 3.08 bits per heavy atom. The van der Waals surface area contributed by atoms with Gasteiger partial charge < -0.3 is 10.3 Å². The summed E-state index contributed by atoms with van der Waals surface area (Å²) >= 11 is 7.96. The largest absolute Gasteiger partial charge is 0.361 e. The van der Waals surface area contributed by atoms with Gasteiger partial charge in [-0.3, -0.25) is 4.79 Å². The van der Waals surface area contributed by atoms with Crippen LogP contribution in [0.2, 0.25) is 5.02 Å². The molecule has 1 aliphatic heterocycles. The van der Waals surface area contributed by atoms with E-state index in [1.165, 1.54) is 15.8 Å². The molecule has 0 saturated heterocycles. The van der Waals surface area contributed by atoms with Crippen molar-refractivity contribution in [2.24, 2.45) is 0 Å². The van der Waals surface area contributed by atoms with E-state index in [9.17, 15) is 4.79 Å². The minimum Gasteiger partial charge on any atom is -0.361 e. The fourth-order valence-corrected chi connectivity index (χ4v) is 4.65. The van der Waals surface area contributed by atoms with Gasteiger partial charge in [0.05, 0.1) is 6.04 Å². The molecule has 0 fully saturated rings. The first-order valence-corrected chi connectivity index (χ1v) is 9.83. The maximum Gasteiger partial charge on any atom is 0.220 e. The minimum atomic E-state index is 0.0606. The summed E-state index contributed by atoms with van der Waals surface area (Å²) in [5.41, 5.74) is 3.45. The van der Waals surface area contributed by atoms with Crippen molar-refractivity contribution < 1.29 is 4.79 Å². The van der Waals surface area contributed by atoms with Crippen molar-refractivity contribution in [3.05, 3.63) is 64.8 Å². The van der Waals surface area contributed by atoms with Crippen LogP contribution < -0.4 is 5.32 Å². The first-order chi connectivity index (χ1) is 12.2. The fraction of sp³-hybridized carbons (Fsp3) is 0.250. The second-order valence-corrected chi connectivity index (χ2v) is 7.87. The van der Waals surface area contributed by atoms with Crippen molar-refractivity contribution in [1.29, 1.82) is 0 Å². The SMILES string of the molecule is O=C(CCc1c[nH]c2ccccc12)NC1CCSc2ccc(Cl)cc21. The molecule has 5 heteroatoms. The van der Waals surface area contributed by atoms with Crippen LogP contribution >= 0.6 is 23.4 Å². The van der Waals surface area contributed by atoms with Crippen molar-refractivity contribution in [2.75, 3.05) is 5.75 Å². The van der Waals surface area contributed by atoms with E-state index >= 15 is 0 Å².